The van der Waals surface area contributed by atoms with Crippen LogP contribution >= 0.6 is 0 Å². The molecule has 0 unspecified atom stereocenters. The van der Waals surface area contributed by atoms with Crippen LogP contribution in [-0.4, -0.2) is 33.3 Å². The highest BCUT2D eigenvalue weighted by Crippen LogP contribution is 2.31. The number of anilines is 1. The zero-order chi connectivity index (χ0) is 17.3. The molecule has 2 aromatic carbocycles. The van der Waals surface area contributed by atoms with Crippen LogP contribution in [0.3, 0.4) is 0 Å². The topological polar surface area (TPSA) is 54.6 Å². The summed E-state index contributed by atoms with van der Waals surface area (Å²) in [5.41, 5.74) is 3.44. The van der Waals surface area contributed by atoms with Crippen molar-refractivity contribution in [3.05, 3.63) is 52.7 Å². The molecule has 0 saturated heterocycles. The number of nitrogens with zero attached hydrogens (tertiary/aromatic N) is 1. The van der Waals surface area contributed by atoms with Gasteiger partial charge < -0.3 is 19.4 Å². The van der Waals surface area contributed by atoms with Gasteiger partial charge in [0, 0.05) is 48.6 Å². The number of methoxy groups -OCH3 is 2. The van der Waals surface area contributed by atoms with Crippen LogP contribution in [0.2, 0.25) is 0 Å². The van der Waals surface area contributed by atoms with E-state index < -0.39 is 0 Å². The van der Waals surface area contributed by atoms with E-state index in [1.807, 2.05) is 43.3 Å². The van der Waals surface area contributed by atoms with Gasteiger partial charge in [-0.1, -0.05) is 12.1 Å². The Morgan fingerprint density at radius 2 is 1.67 bits per heavy atom. The SMILES string of the molecule is COc1cc2[nH]c(-c3cccc(N(C)C)c3)cc(=O)c2cc1OC. The van der Waals surface area contributed by atoms with Crippen LogP contribution in [0.5, 0.6) is 11.5 Å². The second kappa shape index (κ2) is 6.28. The molecule has 0 atom stereocenters. The molecule has 0 aliphatic rings. The van der Waals surface area contributed by atoms with E-state index in [1.54, 1.807) is 32.4 Å². The lowest BCUT2D eigenvalue weighted by Crippen LogP contribution is -2.08. The first-order valence-corrected chi connectivity index (χ1v) is 7.60. The van der Waals surface area contributed by atoms with Gasteiger partial charge in [-0.05, 0) is 18.2 Å². The van der Waals surface area contributed by atoms with Crippen LogP contribution in [0.4, 0.5) is 5.69 Å². The molecule has 3 aromatic rings. The molecule has 1 N–H and O–H groups in total. The summed E-state index contributed by atoms with van der Waals surface area (Å²) in [4.78, 5) is 17.9. The highest BCUT2D eigenvalue weighted by atomic mass is 16.5. The molecule has 0 bridgehead atoms. The van der Waals surface area contributed by atoms with Crippen molar-refractivity contribution >= 4 is 16.6 Å². The molecule has 0 spiro atoms. The summed E-state index contributed by atoms with van der Waals surface area (Å²) >= 11 is 0. The maximum absolute atomic E-state index is 12.5. The van der Waals surface area contributed by atoms with E-state index in [-0.39, 0.29) is 5.43 Å². The number of fused-ring (bicyclic) bond motifs is 1. The number of aromatic amines is 1. The van der Waals surface area contributed by atoms with Gasteiger partial charge in [-0.25, -0.2) is 0 Å². The van der Waals surface area contributed by atoms with Gasteiger partial charge in [-0.15, -0.1) is 0 Å². The van der Waals surface area contributed by atoms with Gasteiger partial charge in [0.25, 0.3) is 0 Å². The van der Waals surface area contributed by atoms with Crippen LogP contribution in [0.15, 0.2) is 47.3 Å². The van der Waals surface area contributed by atoms with Crippen molar-refractivity contribution in [1.82, 2.24) is 4.98 Å². The lowest BCUT2D eigenvalue weighted by molar-refractivity contribution is 0.356. The number of hydrogen-bond donors (Lipinski definition) is 1. The molecule has 0 aliphatic carbocycles. The number of rotatable bonds is 4. The van der Waals surface area contributed by atoms with Gasteiger partial charge >= 0.3 is 0 Å². The quantitative estimate of drug-likeness (QED) is 0.800. The normalized spacial score (nSPS) is 10.7. The molecule has 1 heterocycles. The molecule has 0 saturated carbocycles. The largest absolute Gasteiger partial charge is 0.493 e. The monoisotopic (exact) mass is 324 g/mol. The smallest absolute Gasteiger partial charge is 0.190 e. The maximum atomic E-state index is 12.5. The minimum Gasteiger partial charge on any atom is -0.493 e. The third-order valence-corrected chi connectivity index (χ3v) is 4.01. The van der Waals surface area contributed by atoms with Gasteiger partial charge in [0.1, 0.15) is 0 Å². The first-order chi connectivity index (χ1) is 11.5. The van der Waals surface area contributed by atoms with Crippen molar-refractivity contribution in [2.75, 3.05) is 33.2 Å². The van der Waals surface area contributed by atoms with Crippen molar-refractivity contribution in [3.63, 3.8) is 0 Å². The third-order valence-electron chi connectivity index (χ3n) is 4.01. The summed E-state index contributed by atoms with van der Waals surface area (Å²) in [7, 11) is 7.10. The Labute approximate surface area is 140 Å². The summed E-state index contributed by atoms with van der Waals surface area (Å²) in [6.45, 7) is 0. The molecule has 3 rings (SSSR count). The number of aromatic nitrogens is 1. The predicted molar refractivity (Wildman–Crippen MR) is 97.4 cm³/mol. The molecule has 1 aromatic heterocycles. The molecule has 124 valence electrons. The molecule has 0 radical (unpaired) electrons. The summed E-state index contributed by atoms with van der Waals surface area (Å²) in [5, 5.41) is 0.570. The van der Waals surface area contributed by atoms with Gasteiger partial charge in [0.05, 0.1) is 19.7 Å². The van der Waals surface area contributed by atoms with E-state index in [4.69, 9.17) is 9.47 Å². The molecule has 0 amide bonds. The van der Waals surface area contributed by atoms with Gasteiger partial charge in [-0.2, -0.15) is 0 Å². The zero-order valence-electron chi connectivity index (χ0n) is 14.2. The van der Waals surface area contributed by atoms with Gasteiger partial charge in [-0.3, -0.25) is 4.79 Å². The average molecular weight is 324 g/mol. The Hall–Kier alpha value is -2.95. The van der Waals surface area contributed by atoms with E-state index in [2.05, 4.69) is 4.98 Å². The summed E-state index contributed by atoms with van der Waals surface area (Å²) in [6.07, 6.45) is 0. The zero-order valence-corrected chi connectivity index (χ0v) is 14.2. The third kappa shape index (κ3) is 2.80. The van der Waals surface area contributed by atoms with Crippen LogP contribution < -0.4 is 19.8 Å². The van der Waals surface area contributed by atoms with Crippen molar-refractivity contribution in [2.24, 2.45) is 0 Å². The fourth-order valence-electron chi connectivity index (χ4n) is 2.68. The Morgan fingerprint density at radius 3 is 2.33 bits per heavy atom. The van der Waals surface area contributed by atoms with E-state index >= 15 is 0 Å². The minimum atomic E-state index is -0.0602. The molecular formula is C19H20N2O3. The van der Waals surface area contributed by atoms with E-state index in [0.29, 0.717) is 22.4 Å². The van der Waals surface area contributed by atoms with Crippen LogP contribution in [-0.2, 0) is 0 Å². The fourth-order valence-corrected chi connectivity index (χ4v) is 2.68. The predicted octanol–water partition coefficient (Wildman–Crippen LogP) is 3.28. The molecule has 24 heavy (non-hydrogen) atoms. The average Bonchev–Trinajstić information content (AvgIpc) is 2.60. The Balaban J connectivity index is 2.20. The highest BCUT2D eigenvalue weighted by molar-refractivity contribution is 5.85. The molecule has 0 aliphatic heterocycles. The molecular weight excluding hydrogens is 304 g/mol. The van der Waals surface area contributed by atoms with Gasteiger partial charge in [0.2, 0.25) is 0 Å². The van der Waals surface area contributed by atoms with Crippen molar-refractivity contribution in [2.45, 2.75) is 0 Å². The van der Waals surface area contributed by atoms with Gasteiger partial charge in [0.15, 0.2) is 16.9 Å². The Kier molecular flexibility index (Phi) is 4.16. The van der Waals surface area contributed by atoms with Crippen molar-refractivity contribution in [1.29, 1.82) is 0 Å². The lowest BCUT2D eigenvalue weighted by Gasteiger charge is -2.14. The Bertz CT molecular complexity index is 945. The first kappa shape index (κ1) is 15.9. The standard InChI is InChI=1S/C19H20N2O3/c1-21(2)13-7-5-6-12(8-13)15-10-17(22)14-9-18(23-3)19(24-4)11-16(14)20-15/h5-11H,1-4H3,(H,20,22). The lowest BCUT2D eigenvalue weighted by atomic mass is 10.1. The fraction of sp³-hybridized carbons (Fsp3) is 0.211. The summed E-state index contributed by atoms with van der Waals surface area (Å²) in [6, 6.07) is 13.1. The number of hydrogen-bond acceptors (Lipinski definition) is 4. The summed E-state index contributed by atoms with van der Waals surface area (Å²) < 4.78 is 10.6. The molecule has 5 nitrogen and oxygen atoms in total. The summed E-state index contributed by atoms with van der Waals surface area (Å²) in [5.74, 6) is 1.12. The second-order valence-electron chi connectivity index (χ2n) is 5.74. The maximum Gasteiger partial charge on any atom is 0.190 e. The molecule has 0 fully saturated rings. The Morgan fingerprint density at radius 1 is 0.958 bits per heavy atom. The van der Waals surface area contributed by atoms with Crippen molar-refractivity contribution < 1.29 is 9.47 Å². The van der Waals surface area contributed by atoms with Crippen LogP contribution in [0.25, 0.3) is 22.2 Å². The van der Waals surface area contributed by atoms with E-state index in [1.165, 1.54) is 0 Å². The number of ether oxygens (including phenoxy) is 2. The van der Waals surface area contributed by atoms with Crippen LogP contribution in [0.1, 0.15) is 0 Å². The van der Waals surface area contributed by atoms with Crippen molar-refractivity contribution in [3.8, 4) is 22.8 Å². The molecule has 5 heteroatoms. The number of H-pyrrole nitrogens is 1. The van der Waals surface area contributed by atoms with E-state index in [9.17, 15) is 4.79 Å². The van der Waals surface area contributed by atoms with E-state index in [0.717, 1.165) is 16.9 Å². The second-order valence-corrected chi connectivity index (χ2v) is 5.74. The van der Waals surface area contributed by atoms with Crippen LogP contribution in [0, 0.1) is 0 Å². The number of benzene rings is 2. The minimum absolute atomic E-state index is 0.0602. The number of nitrogens with one attached hydrogen (secondary N) is 1. The number of pyridine rings is 1. The first-order valence-electron chi connectivity index (χ1n) is 7.60. The highest BCUT2D eigenvalue weighted by Gasteiger charge is 2.11.